The first-order valence-corrected chi connectivity index (χ1v) is 7.52. The lowest BCUT2D eigenvalue weighted by Crippen LogP contribution is -2.17. The van der Waals surface area contributed by atoms with Crippen LogP contribution in [-0.2, 0) is 6.54 Å². The second-order valence-electron chi connectivity index (χ2n) is 4.74. The lowest BCUT2D eigenvalue weighted by atomic mass is 10.1. The third-order valence-electron chi connectivity index (χ3n) is 3.26. The van der Waals surface area contributed by atoms with Gasteiger partial charge in [0.25, 0.3) is 0 Å². The minimum atomic E-state index is -0.302. The van der Waals surface area contributed by atoms with E-state index in [4.69, 9.17) is 0 Å². The second kappa shape index (κ2) is 6.15. The molecule has 0 amide bonds. The van der Waals surface area contributed by atoms with Crippen LogP contribution in [0.3, 0.4) is 0 Å². The predicted molar refractivity (Wildman–Crippen MR) is 80.9 cm³/mol. The standard InChI is InChI=1S/C15H15FN4S/c1-11(15-3-2-6-21-15)18-8-12-4-5-14(13(16)7-12)20-10-17-9-19-20/h2-7,9-11,18H,8H2,1H3. The van der Waals surface area contributed by atoms with Gasteiger partial charge in [0.05, 0.1) is 0 Å². The van der Waals surface area contributed by atoms with Gasteiger partial charge in [0, 0.05) is 17.5 Å². The van der Waals surface area contributed by atoms with Gasteiger partial charge in [-0.3, -0.25) is 0 Å². The highest BCUT2D eigenvalue weighted by Crippen LogP contribution is 2.19. The quantitative estimate of drug-likeness (QED) is 0.786. The van der Waals surface area contributed by atoms with Crippen molar-refractivity contribution in [1.29, 1.82) is 0 Å². The van der Waals surface area contributed by atoms with Crippen LogP contribution in [-0.4, -0.2) is 14.8 Å². The summed E-state index contributed by atoms with van der Waals surface area (Å²) in [6, 6.07) is 9.53. The van der Waals surface area contributed by atoms with Crippen molar-refractivity contribution in [3.63, 3.8) is 0 Å². The fourth-order valence-corrected chi connectivity index (χ4v) is 2.85. The van der Waals surface area contributed by atoms with Gasteiger partial charge in [0.2, 0.25) is 0 Å². The average Bonchev–Trinajstić information content (AvgIpc) is 3.17. The van der Waals surface area contributed by atoms with Gasteiger partial charge in [-0.25, -0.2) is 14.1 Å². The van der Waals surface area contributed by atoms with Crippen molar-refractivity contribution in [3.8, 4) is 5.69 Å². The molecular formula is C15H15FN4S. The van der Waals surface area contributed by atoms with Gasteiger partial charge < -0.3 is 5.32 Å². The minimum Gasteiger partial charge on any atom is -0.305 e. The van der Waals surface area contributed by atoms with Crippen molar-refractivity contribution in [2.45, 2.75) is 19.5 Å². The molecule has 2 heterocycles. The molecule has 108 valence electrons. The highest BCUT2D eigenvalue weighted by Gasteiger charge is 2.08. The predicted octanol–water partition coefficient (Wildman–Crippen LogP) is 3.32. The monoisotopic (exact) mass is 302 g/mol. The van der Waals surface area contributed by atoms with E-state index >= 15 is 0 Å². The zero-order valence-electron chi connectivity index (χ0n) is 11.5. The van der Waals surface area contributed by atoms with E-state index in [-0.39, 0.29) is 11.9 Å². The third-order valence-corrected chi connectivity index (χ3v) is 4.32. The first kappa shape index (κ1) is 13.9. The SMILES string of the molecule is CC(NCc1ccc(-n2cncn2)c(F)c1)c1cccs1. The first-order chi connectivity index (χ1) is 10.2. The Bertz CT molecular complexity index is 695. The Kier molecular flexibility index (Phi) is 4.08. The van der Waals surface area contributed by atoms with Crippen LogP contribution in [0.1, 0.15) is 23.4 Å². The summed E-state index contributed by atoms with van der Waals surface area (Å²) in [5.41, 5.74) is 1.31. The average molecular weight is 302 g/mol. The van der Waals surface area contributed by atoms with Crippen LogP contribution in [0, 0.1) is 5.82 Å². The number of benzene rings is 1. The van der Waals surface area contributed by atoms with E-state index in [9.17, 15) is 4.39 Å². The molecule has 0 aliphatic heterocycles. The maximum Gasteiger partial charge on any atom is 0.149 e. The van der Waals surface area contributed by atoms with Gasteiger partial charge in [-0.05, 0) is 36.1 Å². The van der Waals surface area contributed by atoms with Crippen LogP contribution in [0.2, 0.25) is 0 Å². The number of rotatable bonds is 5. The topological polar surface area (TPSA) is 42.7 Å². The summed E-state index contributed by atoms with van der Waals surface area (Å²) in [6.07, 6.45) is 2.87. The van der Waals surface area contributed by atoms with Crippen LogP contribution < -0.4 is 5.32 Å². The highest BCUT2D eigenvalue weighted by molar-refractivity contribution is 7.10. The molecule has 0 spiro atoms. The first-order valence-electron chi connectivity index (χ1n) is 6.64. The summed E-state index contributed by atoms with van der Waals surface area (Å²) in [5, 5.41) is 9.38. The maximum atomic E-state index is 14.1. The fraction of sp³-hybridized carbons (Fsp3) is 0.200. The maximum absolute atomic E-state index is 14.1. The number of aromatic nitrogens is 3. The number of nitrogens with one attached hydrogen (secondary N) is 1. The van der Waals surface area contributed by atoms with Crippen LogP contribution in [0.15, 0.2) is 48.4 Å². The van der Waals surface area contributed by atoms with Gasteiger partial charge in [-0.1, -0.05) is 12.1 Å². The largest absolute Gasteiger partial charge is 0.305 e. The van der Waals surface area contributed by atoms with Gasteiger partial charge in [0.15, 0.2) is 0 Å². The molecule has 0 fully saturated rings. The number of nitrogens with zero attached hydrogens (tertiary/aromatic N) is 3. The van der Waals surface area contributed by atoms with Gasteiger partial charge in [-0.15, -0.1) is 11.3 Å². The summed E-state index contributed by atoms with van der Waals surface area (Å²) < 4.78 is 15.5. The number of thiophene rings is 1. The lowest BCUT2D eigenvalue weighted by molar-refractivity contribution is 0.573. The molecule has 21 heavy (non-hydrogen) atoms. The Labute approximate surface area is 126 Å². The number of hydrogen-bond acceptors (Lipinski definition) is 4. The Hall–Kier alpha value is -2.05. The van der Waals surface area contributed by atoms with Crippen LogP contribution in [0.4, 0.5) is 4.39 Å². The normalized spacial score (nSPS) is 12.5. The Morgan fingerprint density at radius 3 is 2.95 bits per heavy atom. The Balaban J connectivity index is 1.68. The zero-order chi connectivity index (χ0) is 14.7. The summed E-state index contributed by atoms with van der Waals surface area (Å²) in [6.45, 7) is 2.72. The van der Waals surface area contributed by atoms with Gasteiger partial charge >= 0.3 is 0 Å². The minimum absolute atomic E-state index is 0.253. The molecular weight excluding hydrogens is 287 g/mol. The summed E-state index contributed by atoms with van der Waals surface area (Å²) in [7, 11) is 0. The third kappa shape index (κ3) is 3.17. The van der Waals surface area contributed by atoms with Crippen LogP contribution >= 0.6 is 11.3 Å². The van der Waals surface area contributed by atoms with E-state index in [2.05, 4.69) is 33.8 Å². The Morgan fingerprint density at radius 1 is 1.38 bits per heavy atom. The molecule has 1 atom stereocenters. The lowest BCUT2D eigenvalue weighted by Gasteiger charge is -2.12. The van der Waals surface area contributed by atoms with Crippen molar-refractivity contribution in [1.82, 2.24) is 20.1 Å². The molecule has 2 aromatic heterocycles. The van der Waals surface area contributed by atoms with Crippen LogP contribution in [0.25, 0.3) is 5.69 Å². The van der Waals surface area contributed by atoms with E-state index < -0.39 is 0 Å². The highest BCUT2D eigenvalue weighted by atomic mass is 32.1. The molecule has 1 aromatic carbocycles. The van der Waals surface area contributed by atoms with Crippen LogP contribution in [0.5, 0.6) is 0 Å². The van der Waals surface area contributed by atoms with E-state index in [1.54, 1.807) is 17.4 Å². The number of halogens is 1. The molecule has 0 aliphatic carbocycles. The van der Waals surface area contributed by atoms with Crippen molar-refractivity contribution >= 4 is 11.3 Å². The molecule has 3 rings (SSSR count). The van der Waals surface area contributed by atoms with Gasteiger partial charge in [0.1, 0.15) is 24.2 Å². The van der Waals surface area contributed by atoms with E-state index in [0.29, 0.717) is 12.2 Å². The molecule has 1 unspecified atom stereocenters. The zero-order valence-corrected chi connectivity index (χ0v) is 12.3. The van der Waals surface area contributed by atoms with E-state index in [0.717, 1.165) is 5.56 Å². The molecule has 3 aromatic rings. The molecule has 0 radical (unpaired) electrons. The molecule has 1 N–H and O–H groups in total. The molecule has 0 saturated carbocycles. The summed E-state index contributed by atoms with van der Waals surface area (Å²) >= 11 is 1.71. The summed E-state index contributed by atoms with van der Waals surface area (Å²) in [4.78, 5) is 5.10. The van der Waals surface area contributed by atoms with E-state index in [1.807, 2.05) is 12.1 Å². The molecule has 6 heteroatoms. The molecule has 0 aliphatic rings. The molecule has 0 bridgehead atoms. The fourth-order valence-electron chi connectivity index (χ4n) is 2.09. The molecule has 4 nitrogen and oxygen atoms in total. The summed E-state index contributed by atoms with van der Waals surface area (Å²) in [5.74, 6) is -0.302. The van der Waals surface area contributed by atoms with Crippen molar-refractivity contribution in [2.24, 2.45) is 0 Å². The second-order valence-corrected chi connectivity index (χ2v) is 5.72. The molecule has 0 saturated heterocycles. The van der Waals surface area contributed by atoms with Gasteiger partial charge in [-0.2, -0.15) is 5.10 Å². The van der Waals surface area contributed by atoms with Crippen molar-refractivity contribution in [3.05, 3.63) is 64.6 Å². The number of hydrogen-bond donors (Lipinski definition) is 1. The van der Waals surface area contributed by atoms with Crippen molar-refractivity contribution in [2.75, 3.05) is 0 Å². The Morgan fingerprint density at radius 2 is 2.29 bits per heavy atom. The smallest absolute Gasteiger partial charge is 0.149 e. The van der Waals surface area contributed by atoms with E-state index in [1.165, 1.54) is 28.3 Å². The van der Waals surface area contributed by atoms with Crippen molar-refractivity contribution < 1.29 is 4.39 Å².